The predicted octanol–water partition coefficient (Wildman–Crippen LogP) is 2.23. The molecular weight excluding hydrogens is 240 g/mol. The Morgan fingerprint density at radius 1 is 1.47 bits per heavy atom. The van der Waals surface area contributed by atoms with Gasteiger partial charge in [0, 0.05) is 18.2 Å². The van der Waals surface area contributed by atoms with Crippen LogP contribution in [-0.4, -0.2) is 36.7 Å². The zero-order valence-corrected chi connectivity index (χ0v) is 12.9. The second-order valence-electron chi connectivity index (χ2n) is 6.18. The minimum atomic E-state index is -0.366. The molecule has 2 N–H and O–H groups in total. The van der Waals surface area contributed by atoms with Crippen molar-refractivity contribution in [3.63, 3.8) is 0 Å². The van der Waals surface area contributed by atoms with E-state index in [2.05, 4.69) is 17.6 Å². The fraction of sp³-hybridized carbons (Fsp3) is 0.933. The van der Waals surface area contributed by atoms with E-state index in [9.17, 15) is 4.79 Å². The molecule has 1 aliphatic rings. The molecular formula is C15H30N2O2. The van der Waals surface area contributed by atoms with Crippen molar-refractivity contribution in [2.75, 3.05) is 13.2 Å². The number of carbonyl (C=O) groups excluding carboxylic acids is 1. The summed E-state index contributed by atoms with van der Waals surface area (Å²) >= 11 is 0. The highest BCUT2D eigenvalue weighted by Crippen LogP contribution is 2.11. The molecule has 0 bridgehead atoms. The number of amides is 1. The highest BCUT2D eigenvalue weighted by atomic mass is 16.5. The molecule has 1 amide bonds. The van der Waals surface area contributed by atoms with Gasteiger partial charge in [-0.25, -0.2) is 0 Å². The molecule has 1 aliphatic heterocycles. The van der Waals surface area contributed by atoms with Gasteiger partial charge in [-0.2, -0.15) is 0 Å². The maximum atomic E-state index is 11.9. The molecule has 0 radical (unpaired) electrons. The fourth-order valence-corrected chi connectivity index (χ4v) is 2.16. The molecule has 4 nitrogen and oxygen atoms in total. The zero-order chi connectivity index (χ0) is 14.3. The summed E-state index contributed by atoms with van der Waals surface area (Å²) in [5, 5.41) is 6.50. The van der Waals surface area contributed by atoms with Gasteiger partial charge in [-0.3, -0.25) is 4.79 Å². The third kappa shape index (κ3) is 6.39. The van der Waals surface area contributed by atoms with Crippen LogP contribution in [0, 0.1) is 0 Å². The van der Waals surface area contributed by atoms with Gasteiger partial charge in [-0.15, -0.1) is 0 Å². The summed E-state index contributed by atoms with van der Waals surface area (Å²) in [5.74, 6) is -0.0107. The molecule has 2 unspecified atom stereocenters. The van der Waals surface area contributed by atoms with E-state index in [-0.39, 0.29) is 17.6 Å². The number of hydrogen-bond acceptors (Lipinski definition) is 3. The quantitative estimate of drug-likeness (QED) is 0.746. The maximum absolute atomic E-state index is 11.9. The molecule has 2 atom stereocenters. The van der Waals surface area contributed by atoms with Crippen molar-refractivity contribution in [2.24, 2.45) is 0 Å². The van der Waals surface area contributed by atoms with E-state index in [0.717, 1.165) is 19.4 Å². The number of carbonyl (C=O) groups is 1. The Labute approximate surface area is 117 Å². The Balaban J connectivity index is 2.19. The van der Waals surface area contributed by atoms with E-state index < -0.39 is 0 Å². The molecule has 0 aromatic heterocycles. The largest absolute Gasteiger partial charge is 0.369 e. The van der Waals surface area contributed by atoms with Gasteiger partial charge in [0.1, 0.15) is 6.10 Å². The first-order valence-corrected chi connectivity index (χ1v) is 7.61. The molecule has 1 saturated heterocycles. The molecule has 0 aliphatic carbocycles. The van der Waals surface area contributed by atoms with Crippen LogP contribution in [0.2, 0.25) is 0 Å². The van der Waals surface area contributed by atoms with Crippen LogP contribution < -0.4 is 10.6 Å². The predicted molar refractivity (Wildman–Crippen MR) is 78.2 cm³/mol. The second kappa shape index (κ2) is 7.85. The lowest BCUT2D eigenvalue weighted by molar-refractivity contribution is -0.133. The Hall–Kier alpha value is -0.610. The molecule has 1 fully saturated rings. The Morgan fingerprint density at radius 2 is 2.21 bits per heavy atom. The van der Waals surface area contributed by atoms with Gasteiger partial charge >= 0.3 is 0 Å². The van der Waals surface area contributed by atoms with Crippen LogP contribution in [0.15, 0.2) is 0 Å². The Bertz CT molecular complexity index is 273. The van der Waals surface area contributed by atoms with Crippen LogP contribution in [-0.2, 0) is 9.53 Å². The summed E-state index contributed by atoms with van der Waals surface area (Å²) in [6, 6.07) is 0.566. The minimum Gasteiger partial charge on any atom is -0.369 e. The lowest BCUT2D eigenvalue weighted by Gasteiger charge is -2.27. The molecule has 1 heterocycles. The molecule has 0 aromatic rings. The zero-order valence-electron chi connectivity index (χ0n) is 12.9. The van der Waals surface area contributed by atoms with Gasteiger partial charge in [0.25, 0.3) is 0 Å². The summed E-state index contributed by atoms with van der Waals surface area (Å²) in [5.41, 5.74) is -0.153. The van der Waals surface area contributed by atoms with E-state index in [1.54, 1.807) is 0 Å². The second-order valence-corrected chi connectivity index (χ2v) is 6.18. The van der Waals surface area contributed by atoms with Crippen molar-refractivity contribution >= 4 is 5.91 Å². The summed E-state index contributed by atoms with van der Waals surface area (Å²) in [6.07, 6.45) is 5.36. The van der Waals surface area contributed by atoms with E-state index in [1.807, 2.05) is 20.8 Å². The van der Waals surface area contributed by atoms with Gasteiger partial charge in [-0.05, 0) is 53.0 Å². The Kier molecular flexibility index (Phi) is 6.80. The van der Waals surface area contributed by atoms with Crippen LogP contribution in [0.3, 0.4) is 0 Å². The van der Waals surface area contributed by atoms with Gasteiger partial charge in [0.2, 0.25) is 5.91 Å². The van der Waals surface area contributed by atoms with Crippen molar-refractivity contribution in [2.45, 2.75) is 77.5 Å². The topological polar surface area (TPSA) is 50.4 Å². The minimum absolute atomic E-state index is 0.0107. The average Bonchev–Trinajstić information content (AvgIpc) is 2.39. The van der Waals surface area contributed by atoms with Crippen molar-refractivity contribution in [1.29, 1.82) is 0 Å². The molecule has 0 saturated carbocycles. The lowest BCUT2D eigenvalue weighted by atomic mass is 10.0. The first kappa shape index (κ1) is 16.4. The third-order valence-corrected chi connectivity index (χ3v) is 3.96. The van der Waals surface area contributed by atoms with E-state index in [1.165, 1.54) is 19.3 Å². The molecule has 19 heavy (non-hydrogen) atoms. The van der Waals surface area contributed by atoms with Gasteiger partial charge in [0.15, 0.2) is 0 Å². The van der Waals surface area contributed by atoms with Crippen LogP contribution in [0.1, 0.15) is 59.8 Å². The highest BCUT2D eigenvalue weighted by Gasteiger charge is 2.22. The summed E-state index contributed by atoms with van der Waals surface area (Å²) in [4.78, 5) is 11.9. The lowest BCUT2D eigenvalue weighted by Crippen LogP contribution is -2.47. The number of nitrogens with one attached hydrogen (secondary N) is 2. The summed E-state index contributed by atoms with van der Waals surface area (Å²) in [7, 11) is 0. The number of piperidine rings is 1. The number of hydrogen-bond donors (Lipinski definition) is 2. The van der Waals surface area contributed by atoms with Crippen molar-refractivity contribution in [3.8, 4) is 0 Å². The molecule has 112 valence electrons. The van der Waals surface area contributed by atoms with E-state index in [4.69, 9.17) is 4.74 Å². The van der Waals surface area contributed by atoms with Crippen molar-refractivity contribution in [3.05, 3.63) is 0 Å². The van der Waals surface area contributed by atoms with Gasteiger partial charge < -0.3 is 15.4 Å². The van der Waals surface area contributed by atoms with E-state index in [0.29, 0.717) is 12.6 Å². The van der Waals surface area contributed by atoms with Crippen LogP contribution >= 0.6 is 0 Å². The van der Waals surface area contributed by atoms with Gasteiger partial charge in [0.05, 0.1) is 0 Å². The summed E-state index contributed by atoms with van der Waals surface area (Å²) in [6.45, 7) is 9.73. The van der Waals surface area contributed by atoms with Crippen LogP contribution in [0.5, 0.6) is 0 Å². The highest BCUT2D eigenvalue weighted by molar-refractivity contribution is 5.81. The van der Waals surface area contributed by atoms with Crippen molar-refractivity contribution < 1.29 is 9.53 Å². The Morgan fingerprint density at radius 3 is 2.79 bits per heavy atom. The van der Waals surface area contributed by atoms with Crippen molar-refractivity contribution in [1.82, 2.24) is 10.6 Å². The fourth-order valence-electron chi connectivity index (χ4n) is 2.16. The first-order valence-electron chi connectivity index (χ1n) is 7.61. The normalized spacial score (nSPS) is 22.0. The number of ether oxygens (including phenoxy) is 1. The third-order valence-electron chi connectivity index (χ3n) is 3.96. The average molecular weight is 270 g/mol. The van der Waals surface area contributed by atoms with E-state index >= 15 is 0 Å². The van der Waals surface area contributed by atoms with Crippen LogP contribution in [0.25, 0.3) is 0 Å². The smallest absolute Gasteiger partial charge is 0.249 e. The maximum Gasteiger partial charge on any atom is 0.249 e. The SMILES string of the molecule is CCC(C)(C)NC(=O)C(C)OCCC1CCCCN1. The summed E-state index contributed by atoms with van der Waals surface area (Å²) < 4.78 is 5.64. The van der Waals surface area contributed by atoms with Gasteiger partial charge in [-0.1, -0.05) is 13.3 Å². The standard InChI is InChI=1S/C15H30N2O2/c1-5-15(3,4)17-14(18)12(2)19-11-9-13-8-6-7-10-16-13/h12-13,16H,5-11H2,1-4H3,(H,17,18). The monoisotopic (exact) mass is 270 g/mol. The van der Waals surface area contributed by atoms with Crippen LogP contribution in [0.4, 0.5) is 0 Å². The molecule has 1 rings (SSSR count). The molecule has 0 spiro atoms. The molecule has 0 aromatic carbocycles. The first-order chi connectivity index (χ1) is 8.94. The number of rotatable bonds is 7. The molecule has 4 heteroatoms.